The number of carbonyl (C=O) groups is 4. The van der Waals surface area contributed by atoms with Crippen molar-refractivity contribution in [3.8, 4) is 0 Å². The topological polar surface area (TPSA) is 175 Å². The molecule has 1 heterocycles. The molecule has 0 spiro atoms. The lowest BCUT2D eigenvalue weighted by atomic mass is 9.98. The Morgan fingerprint density at radius 1 is 0.420 bits per heavy atom. The fourth-order valence-electron chi connectivity index (χ4n) is 9.18. The first kappa shape index (κ1) is 74.7. The van der Waals surface area contributed by atoms with Gasteiger partial charge < -0.3 is 39.0 Å². The molecule has 0 saturated carbocycles. The van der Waals surface area contributed by atoms with Gasteiger partial charge in [-0.2, -0.15) is 0 Å². The molecule has 0 aromatic carbocycles. The Morgan fingerprint density at radius 2 is 0.778 bits per heavy atom. The second-order valence-electron chi connectivity index (χ2n) is 21.7. The summed E-state index contributed by atoms with van der Waals surface area (Å²) in [6.45, 7) is 5.82. The average molecular weight is 1140 g/mol. The van der Waals surface area contributed by atoms with Crippen LogP contribution in [-0.4, -0.2) is 89.2 Å². The molecule has 1 aliphatic heterocycles. The van der Waals surface area contributed by atoms with Crippen molar-refractivity contribution in [3.05, 3.63) is 97.2 Å². The SMILES string of the molecule is CC/C=C\C/C=C\C/C=C\C/C=C\CCCCC(=O)OC1C(OCC(COC(=O)CCCCCCCCCCC/C=C\C/C=C\CCCCC)OC(=O)CCCCCCCCC/C=C\C/C=C\CCCCC)OC(C(=O)O)C(O)C1O. The van der Waals surface area contributed by atoms with Crippen molar-refractivity contribution in [2.45, 2.75) is 302 Å². The number of hydrogen-bond donors (Lipinski definition) is 3. The van der Waals surface area contributed by atoms with E-state index in [0.29, 0.717) is 25.7 Å². The Balaban J connectivity index is 2.69. The number of carboxylic acids is 1. The van der Waals surface area contributed by atoms with E-state index in [1.807, 2.05) is 0 Å². The highest BCUT2D eigenvalue weighted by Gasteiger charge is 2.50. The molecule has 1 fully saturated rings. The quantitative estimate of drug-likeness (QED) is 0.0228. The van der Waals surface area contributed by atoms with Gasteiger partial charge in [0.1, 0.15) is 18.8 Å². The van der Waals surface area contributed by atoms with E-state index in [1.165, 1.54) is 83.5 Å². The summed E-state index contributed by atoms with van der Waals surface area (Å²) in [6, 6.07) is 0. The maximum atomic E-state index is 13.2. The summed E-state index contributed by atoms with van der Waals surface area (Å²) in [5, 5.41) is 31.6. The molecule has 1 saturated heterocycles. The molecule has 0 aliphatic carbocycles. The van der Waals surface area contributed by atoms with Gasteiger partial charge in [0, 0.05) is 19.3 Å². The third kappa shape index (κ3) is 45.8. The van der Waals surface area contributed by atoms with Crippen LogP contribution >= 0.6 is 0 Å². The highest BCUT2D eigenvalue weighted by molar-refractivity contribution is 5.74. The molecule has 12 heteroatoms. The van der Waals surface area contributed by atoms with Gasteiger partial charge in [0.25, 0.3) is 0 Å². The molecule has 1 aliphatic rings. The zero-order valence-corrected chi connectivity index (χ0v) is 51.0. The predicted molar refractivity (Wildman–Crippen MR) is 331 cm³/mol. The van der Waals surface area contributed by atoms with Crippen LogP contribution in [0.1, 0.15) is 265 Å². The first-order valence-electron chi connectivity index (χ1n) is 32.2. The summed E-state index contributed by atoms with van der Waals surface area (Å²) in [4.78, 5) is 51.3. The van der Waals surface area contributed by atoms with Gasteiger partial charge in [0.15, 0.2) is 24.6 Å². The van der Waals surface area contributed by atoms with Gasteiger partial charge in [-0.3, -0.25) is 14.4 Å². The van der Waals surface area contributed by atoms with E-state index in [0.717, 1.165) is 116 Å². The molecule has 0 amide bonds. The highest BCUT2D eigenvalue weighted by atomic mass is 16.7. The number of ether oxygens (including phenoxy) is 5. The Labute approximate surface area is 492 Å². The maximum Gasteiger partial charge on any atom is 0.335 e. The molecule has 0 aromatic rings. The first-order chi connectivity index (χ1) is 39.6. The molecule has 81 heavy (non-hydrogen) atoms. The number of carbonyl (C=O) groups excluding carboxylic acids is 3. The lowest BCUT2D eigenvalue weighted by Crippen LogP contribution is -2.61. The number of aliphatic hydroxyl groups excluding tert-OH is 2. The summed E-state index contributed by atoms with van der Waals surface area (Å²) in [5.41, 5.74) is 0. The summed E-state index contributed by atoms with van der Waals surface area (Å²) in [6.07, 6.45) is 62.2. The molecule has 0 bridgehead atoms. The maximum absolute atomic E-state index is 13.2. The Kier molecular flexibility index (Phi) is 51.7. The van der Waals surface area contributed by atoms with Crippen molar-refractivity contribution >= 4 is 23.9 Å². The van der Waals surface area contributed by atoms with Crippen LogP contribution in [0, 0.1) is 0 Å². The minimum atomic E-state index is -1.92. The molecule has 1 rings (SSSR count). The standard InChI is InChI=1S/C69H114O12/c1-4-7-10-13-16-19-22-25-28-30-31-33-35-37-40-43-46-49-52-55-61(70)77-58-60(79-62(71)56-53-50-47-44-41-39-36-32-29-26-23-20-17-14-11-8-5-2)59-78-69-67(65(74)64(73)66(81-69)68(75)76)80-63(72)57-54-51-48-45-42-38-34-27-24-21-18-15-12-9-6-3/h9,12,16-21,25-29,34,42,45,60,64-67,69,73-74H,4-8,10-11,13-15,22-24,30-33,35-41,43-44,46-59H2,1-3H3,(H,75,76)/b12-9-,19-16-,20-17-,21-18-,28-25-,29-26-,34-27-,45-42-. The molecule has 6 unspecified atom stereocenters. The molecule has 462 valence electrons. The van der Waals surface area contributed by atoms with Gasteiger partial charge in [-0.15, -0.1) is 0 Å². The van der Waals surface area contributed by atoms with E-state index in [2.05, 4.69) is 118 Å². The predicted octanol–water partition coefficient (Wildman–Crippen LogP) is 17.2. The van der Waals surface area contributed by atoms with E-state index in [-0.39, 0.29) is 25.9 Å². The first-order valence-corrected chi connectivity index (χ1v) is 32.2. The number of unbranched alkanes of at least 4 members (excludes halogenated alkanes) is 24. The minimum Gasteiger partial charge on any atom is -0.479 e. The third-order valence-corrected chi connectivity index (χ3v) is 14.1. The van der Waals surface area contributed by atoms with E-state index in [4.69, 9.17) is 23.7 Å². The van der Waals surface area contributed by atoms with Crippen LogP contribution in [-0.2, 0) is 42.9 Å². The van der Waals surface area contributed by atoms with Crippen LogP contribution in [0.4, 0.5) is 0 Å². The fourth-order valence-corrected chi connectivity index (χ4v) is 9.18. The van der Waals surface area contributed by atoms with Crippen molar-refractivity contribution in [2.24, 2.45) is 0 Å². The van der Waals surface area contributed by atoms with Gasteiger partial charge in [0.05, 0.1) is 6.61 Å². The lowest BCUT2D eigenvalue weighted by molar-refractivity contribution is -0.301. The third-order valence-electron chi connectivity index (χ3n) is 14.1. The van der Waals surface area contributed by atoms with Gasteiger partial charge in [-0.05, 0) is 122 Å². The summed E-state index contributed by atoms with van der Waals surface area (Å²) in [5.74, 6) is -3.19. The second-order valence-corrected chi connectivity index (χ2v) is 21.7. The number of esters is 3. The second kappa shape index (κ2) is 56.1. The van der Waals surface area contributed by atoms with Crippen molar-refractivity contribution in [1.29, 1.82) is 0 Å². The number of carboxylic acid groups (broad SMARTS) is 1. The Bertz CT molecular complexity index is 1780. The number of aliphatic hydroxyl groups is 2. The average Bonchev–Trinajstić information content (AvgIpc) is 3.53. The number of hydrogen-bond acceptors (Lipinski definition) is 11. The molecule has 6 atom stereocenters. The van der Waals surface area contributed by atoms with Crippen LogP contribution in [0.25, 0.3) is 0 Å². The van der Waals surface area contributed by atoms with Gasteiger partial charge in [-0.1, -0.05) is 221 Å². The molecule has 0 radical (unpaired) electrons. The zero-order chi connectivity index (χ0) is 58.9. The van der Waals surface area contributed by atoms with Crippen molar-refractivity contribution in [1.82, 2.24) is 0 Å². The van der Waals surface area contributed by atoms with Crippen molar-refractivity contribution in [3.63, 3.8) is 0 Å². The highest BCUT2D eigenvalue weighted by Crippen LogP contribution is 2.26. The largest absolute Gasteiger partial charge is 0.479 e. The van der Waals surface area contributed by atoms with Crippen molar-refractivity contribution in [2.75, 3.05) is 13.2 Å². The lowest BCUT2D eigenvalue weighted by Gasteiger charge is -2.40. The van der Waals surface area contributed by atoms with Crippen LogP contribution in [0.5, 0.6) is 0 Å². The normalized spacial score (nSPS) is 18.4. The van der Waals surface area contributed by atoms with E-state index in [9.17, 15) is 34.5 Å². The van der Waals surface area contributed by atoms with E-state index >= 15 is 0 Å². The number of rotatable bonds is 54. The van der Waals surface area contributed by atoms with E-state index in [1.54, 1.807) is 0 Å². The molecular weight excluding hydrogens is 1020 g/mol. The van der Waals surface area contributed by atoms with Crippen LogP contribution < -0.4 is 0 Å². The van der Waals surface area contributed by atoms with Crippen LogP contribution in [0.2, 0.25) is 0 Å². The molecular formula is C69H114O12. The molecule has 3 N–H and O–H groups in total. The number of allylic oxidation sites excluding steroid dienone is 16. The summed E-state index contributed by atoms with van der Waals surface area (Å²) in [7, 11) is 0. The number of aliphatic carboxylic acids is 1. The smallest absolute Gasteiger partial charge is 0.335 e. The summed E-state index contributed by atoms with van der Waals surface area (Å²) < 4.78 is 28.5. The monoisotopic (exact) mass is 1130 g/mol. The van der Waals surface area contributed by atoms with Gasteiger partial charge in [-0.25, -0.2) is 4.79 Å². The van der Waals surface area contributed by atoms with E-state index < -0.39 is 67.3 Å². The van der Waals surface area contributed by atoms with Gasteiger partial charge in [0.2, 0.25) is 0 Å². The van der Waals surface area contributed by atoms with Gasteiger partial charge >= 0.3 is 23.9 Å². The Hall–Kier alpha value is -4.36. The molecule has 12 nitrogen and oxygen atoms in total. The van der Waals surface area contributed by atoms with Crippen LogP contribution in [0.15, 0.2) is 97.2 Å². The van der Waals surface area contributed by atoms with Crippen molar-refractivity contribution < 1.29 is 58.2 Å². The zero-order valence-electron chi connectivity index (χ0n) is 51.0. The fraction of sp³-hybridized carbons (Fsp3) is 0.710. The minimum absolute atomic E-state index is 0.00349. The van der Waals surface area contributed by atoms with Crippen LogP contribution in [0.3, 0.4) is 0 Å². The molecule has 0 aromatic heterocycles. The summed E-state index contributed by atoms with van der Waals surface area (Å²) >= 11 is 0. The Morgan fingerprint density at radius 3 is 1.21 bits per heavy atom.